The van der Waals surface area contributed by atoms with E-state index in [9.17, 15) is 8.78 Å². The number of thiazole rings is 1. The number of likely N-dealkylation sites (N-methyl/N-ethyl adjacent to an activating group) is 1. The van der Waals surface area contributed by atoms with Crippen molar-refractivity contribution in [2.24, 2.45) is 4.99 Å². The van der Waals surface area contributed by atoms with Crippen LogP contribution in [0.5, 0.6) is 0 Å². The van der Waals surface area contributed by atoms with Crippen molar-refractivity contribution >= 4 is 41.3 Å². The Balaban J connectivity index is 0.00000364. The van der Waals surface area contributed by atoms with E-state index in [1.807, 2.05) is 13.8 Å². The largest absolute Gasteiger partial charge is 0.354 e. The Morgan fingerprint density at radius 2 is 1.85 bits per heavy atom. The van der Waals surface area contributed by atoms with Gasteiger partial charge in [0.05, 0.1) is 18.3 Å². The standard InChI is InChI=1S/C18H25F2N5S.HI/c1-11-12(2)26-16(24-11)10-23-18(21-3)22-9-15(25(4)5)17-13(19)7-6-8-14(17)20;/h6-8,15H,9-10H2,1-5H3,(H2,21,22,23);1H. The Hall–Kier alpha value is -1.33. The van der Waals surface area contributed by atoms with Crippen molar-refractivity contribution in [2.75, 3.05) is 27.7 Å². The lowest BCUT2D eigenvalue weighted by Gasteiger charge is -2.26. The maximum absolute atomic E-state index is 14.1. The maximum Gasteiger partial charge on any atom is 0.191 e. The zero-order chi connectivity index (χ0) is 19.3. The average Bonchev–Trinajstić information content (AvgIpc) is 2.90. The van der Waals surface area contributed by atoms with Gasteiger partial charge in [0.2, 0.25) is 0 Å². The number of benzene rings is 1. The van der Waals surface area contributed by atoms with Gasteiger partial charge in [0, 0.05) is 24.0 Å². The number of guanidine groups is 1. The van der Waals surface area contributed by atoms with Crippen molar-refractivity contribution in [1.29, 1.82) is 0 Å². The van der Waals surface area contributed by atoms with Crippen LogP contribution < -0.4 is 10.6 Å². The average molecular weight is 509 g/mol. The minimum Gasteiger partial charge on any atom is -0.354 e. The number of aliphatic imine (C=N–C) groups is 1. The molecule has 1 heterocycles. The highest BCUT2D eigenvalue weighted by molar-refractivity contribution is 14.0. The molecule has 0 saturated heterocycles. The molecule has 5 nitrogen and oxygen atoms in total. The highest BCUT2D eigenvalue weighted by Gasteiger charge is 2.22. The highest BCUT2D eigenvalue weighted by Crippen LogP contribution is 2.23. The lowest BCUT2D eigenvalue weighted by Crippen LogP contribution is -2.41. The van der Waals surface area contributed by atoms with Crippen molar-refractivity contribution in [3.63, 3.8) is 0 Å². The zero-order valence-corrected chi connectivity index (χ0v) is 19.3. The Labute approximate surface area is 180 Å². The van der Waals surface area contributed by atoms with Crippen molar-refractivity contribution in [2.45, 2.75) is 26.4 Å². The molecule has 2 N–H and O–H groups in total. The maximum atomic E-state index is 14.1. The van der Waals surface area contributed by atoms with E-state index >= 15 is 0 Å². The summed E-state index contributed by atoms with van der Waals surface area (Å²) in [4.78, 5) is 11.6. The van der Waals surface area contributed by atoms with Crippen molar-refractivity contribution < 1.29 is 8.78 Å². The molecule has 1 aromatic heterocycles. The second kappa shape index (κ2) is 10.9. The Bertz CT molecular complexity index is 739. The fourth-order valence-corrected chi connectivity index (χ4v) is 3.43. The first-order chi connectivity index (χ1) is 12.3. The lowest BCUT2D eigenvalue weighted by molar-refractivity contribution is 0.282. The number of nitrogens with one attached hydrogen (secondary N) is 2. The third-order valence-electron chi connectivity index (χ3n) is 4.12. The topological polar surface area (TPSA) is 52.6 Å². The molecule has 0 fully saturated rings. The number of nitrogens with zero attached hydrogens (tertiary/aromatic N) is 3. The van der Waals surface area contributed by atoms with Gasteiger partial charge in [-0.1, -0.05) is 6.07 Å². The third-order valence-corrected chi connectivity index (χ3v) is 5.20. The van der Waals surface area contributed by atoms with E-state index < -0.39 is 17.7 Å². The van der Waals surface area contributed by atoms with Gasteiger partial charge in [-0.25, -0.2) is 13.8 Å². The Morgan fingerprint density at radius 1 is 1.22 bits per heavy atom. The van der Waals surface area contributed by atoms with Crippen LogP contribution in [0.2, 0.25) is 0 Å². The lowest BCUT2D eigenvalue weighted by atomic mass is 10.0. The van der Waals surface area contributed by atoms with Gasteiger partial charge >= 0.3 is 0 Å². The molecule has 27 heavy (non-hydrogen) atoms. The van der Waals surface area contributed by atoms with Gasteiger partial charge in [0.1, 0.15) is 16.6 Å². The van der Waals surface area contributed by atoms with Gasteiger partial charge in [-0.2, -0.15) is 0 Å². The van der Waals surface area contributed by atoms with Crippen molar-refractivity contribution in [1.82, 2.24) is 20.5 Å². The fourth-order valence-electron chi connectivity index (χ4n) is 2.56. The molecule has 0 aliphatic rings. The van der Waals surface area contributed by atoms with Crippen LogP contribution in [0.3, 0.4) is 0 Å². The Morgan fingerprint density at radius 3 is 2.33 bits per heavy atom. The predicted molar refractivity (Wildman–Crippen MR) is 118 cm³/mol. The molecular weight excluding hydrogens is 483 g/mol. The van der Waals surface area contributed by atoms with Crippen LogP contribution in [-0.2, 0) is 6.54 Å². The van der Waals surface area contributed by atoms with Crippen molar-refractivity contribution in [3.8, 4) is 0 Å². The normalized spacial score (nSPS) is 12.7. The van der Waals surface area contributed by atoms with Gasteiger partial charge in [-0.05, 0) is 40.1 Å². The number of aromatic nitrogens is 1. The summed E-state index contributed by atoms with van der Waals surface area (Å²) in [5, 5.41) is 7.28. The monoisotopic (exact) mass is 509 g/mol. The molecular formula is C18H26F2IN5S. The number of hydrogen-bond acceptors (Lipinski definition) is 4. The summed E-state index contributed by atoms with van der Waals surface area (Å²) in [6.45, 7) is 4.86. The van der Waals surface area contributed by atoms with E-state index in [-0.39, 0.29) is 29.5 Å². The fraction of sp³-hybridized carbons (Fsp3) is 0.444. The number of rotatable bonds is 6. The molecule has 0 radical (unpaired) electrons. The number of halogens is 3. The van der Waals surface area contributed by atoms with Gasteiger partial charge in [-0.15, -0.1) is 35.3 Å². The minimum absolute atomic E-state index is 0. The van der Waals surface area contributed by atoms with Crippen LogP contribution in [0, 0.1) is 25.5 Å². The van der Waals surface area contributed by atoms with E-state index in [2.05, 4.69) is 20.6 Å². The molecule has 9 heteroatoms. The van der Waals surface area contributed by atoms with Crippen LogP contribution in [0.25, 0.3) is 0 Å². The summed E-state index contributed by atoms with van der Waals surface area (Å²) < 4.78 is 28.3. The predicted octanol–water partition coefficient (Wildman–Crippen LogP) is 3.62. The van der Waals surface area contributed by atoms with Crippen LogP contribution in [0.15, 0.2) is 23.2 Å². The first-order valence-electron chi connectivity index (χ1n) is 8.31. The first-order valence-corrected chi connectivity index (χ1v) is 9.12. The molecule has 1 unspecified atom stereocenters. The molecule has 0 spiro atoms. The van der Waals surface area contributed by atoms with E-state index in [1.54, 1.807) is 37.4 Å². The molecule has 0 aliphatic carbocycles. The molecule has 2 aromatic rings. The SMILES string of the molecule is CN=C(NCc1nc(C)c(C)s1)NCC(c1c(F)cccc1F)N(C)C.I. The quantitative estimate of drug-likeness (QED) is 0.355. The van der Waals surface area contributed by atoms with Gasteiger partial charge in [0.15, 0.2) is 5.96 Å². The molecule has 0 saturated carbocycles. The Kier molecular flexibility index (Phi) is 9.54. The summed E-state index contributed by atoms with van der Waals surface area (Å²) in [5.74, 6) is -0.552. The second-order valence-corrected chi connectivity index (χ2v) is 7.46. The second-order valence-electron chi connectivity index (χ2n) is 6.17. The van der Waals surface area contributed by atoms with Gasteiger partial charge in [0.25, 0.3) is 0 Å². The highest BCUT2D eigenvalue weighted by atomic mass is 127. The van der Waals surface area contributed by atoms with E-state index in [4.69, 9.17) is 0 Å². The van der Waals surface area contributed by atoms with Crippen LogP contribution in [0.1, 0.15) is 27.2 Å². The third kappa shape index (κ3) is 6.35. The molecule has 0 amide bonds. The smallest absolute Gasteiger partial charge is 0.191 e. The minimum atomic E-state index is -0.554. The van der Waals surface area contributed by atoms with E-state index in [1.165, 1.54) is 23.1 Å². The van der Waals surface area contributed by atoms with E-state index in [0.717, 1.165) is 10.7 Å². The molecule has 150 valence electrons. The van der Waals surface area contributed by atoms with Crippen LogP contribution in [-0.4, -0.2) is 43.5 Å². The molecule has 0 bridgehead atoms. The summed E-state index contributed by atoms with van der Waals surface area (Å²) in [6.07, 6.45) is 0. The first kappa shape index (κ1) is 23.7. The van der Waals surface area contributed by atoms with E-state index in [0.29, 0.717) is 19.0 Å². The van der Waals surface area contributed by atoms with Crippen LogP contribution >= 0.6 is 35.3 Å². The van der Waals surface area contributed by atoms with Crippen molar-refractivity contribution in [3.05, 3.63) is 51.0 Å². The van der Waals surface area contributed by atoms with Crippen LogP contribution in [0.4, 0.5) is 8.78 Å². The van der Waals surface area contributed by atoms with Gasteiger partial charge in [-0.3, -0.25) is 4.99 Å². The number of hydrogen-bond donors (Lipinski definition) is 2. The summed E-state index contributed by atoms with van der Waals surface area (Å²) in [5.41, 5.74) is 1.07. The summed E-state index contributed by atoms with van der Waals surface area (Å²) in [7, 11) is 5.23. The summed E-state index contributed by atoms with van der Waals surface area (Å²) >= 11 is 1.63. The molecule has 0 aliphatic heterocycles. The zero-order valence-electron chi connectivity index (χ0n) is 16.1. The molecule has 1 atom stereocenters. The summed E-state index contributed by atoms with van der Waals surface area (Å²) in [6, 6.07) is 3.44. The van der Waals surface area contributed by atoms with Gasteiger partial charge < -0.3 is 15.5 Å². The number of aryl methyl sites for hydroxylation is 2. The molecule has 1 aromatic carbocycles. The molecule has 2 rings (SSSR count).